The number of hydrogen-bond acceptors (Lipinski definition) is 4. The van der Waals surface area contributed by atoms with Gasteiger partial charge in [0.05, 0.1) is 11.7 Å². The maximum atomic E-state index is 12.4. The van der Waals surface area contributed by atoms with E-state index >= 15 is 0 Å². The van der Waals surface area contributed by atoms with Gasteiger partial charge in [0.2, 0.25) is 0 Å². The topological polar surface area (TPSA) is 77.6 Å². The highest BCUT2D eigenvalue weighted by Gasteiger charge is 2.18. The summed E-state index contributed by atoms with van der Waals surface area (Å²) in [5.41, 5.74) is 3.37. The van der Waals surface area contributed by atoms with Crippen molar-refractivity contribution >= 4 is 5.91 Å². The highest BCUT2D eigenvalue weighted by Crippen LogP contribution is 2.14. The summed E-state index contributed by atoms with van der Waals surface area (Å²) in [6, 6.07) is 9.49. The second kappa shape index (κ2) is 6.27. The number of amides is 1. The average Bonchev–Trinajstić information content (AvgIpc) is 3.14. The van der Waals surface area contributed by atoms with Crippen molar-refractivity contribution in [2.75, 3.05) is 0 Å². The molecule has 0 spiro atoms. The lowest BCUT2D eigenvalue weighted by Gasteiger charge is -2.09. The second-order valence-electron chi connectivity index (χ2n) is 5.89. The van der Waals surface area contributed by atoms with Crippen molar-refractivity contribution in [1.29, 1.82) is 0 Å². The zero-order chi connectivity index (χ0) is 17.3. The first kappa shape index (κ1) is 15.9. The third kappa shape index (κ3) is 3.19. The van der Waals surface area contributed by atoms with E-state index in [1.807, 2.05) is 45.0 Å². The fraction of sp³-hybridized carbons (Fsp3) is 0.294. The van der Waals surface area contributed by atoms with Gasteiger partial charge in [-0.3, -0.25) is 9.48 Å². The van der Waals surface area contributed by atoms with E-state index < -0.39 is 0 Å². The van der Waals surface area contributed by atoms with Gasteiger partial charge in [-0.05, 0) is 39.0 Å². The lowest BCUT2D eigenvalue weighted by Crippen LogP contribution is -2.28. The smallest absolute Gasteiger partial charge is 0.272 e. The Bertz CT molecular complexity index is 862. The summed E-state index contributed by atoms with van der Waals surface area (Å²) in [5, 5.41) is 11.5. The van der Waals surface area contributed by atoms with Gasteiger partial charge in [-0.25, -0.2) is 9.67 Å². The van der Waals surface area contributed by atoms with E-state index in [2.05, 4.69) is 20.5 Å². The Hall–Kier alpha value is -2.96. The van der Waals surface area contributed by atoms with Crippen LogP contribution in [0.3, 0.4) is 0 Å². The number of aromatic nitrogens is 5. The Balaban J connectivity index is 1.78. The van der Waals surface area contributed by atoms with E-state index in [4.69, 9.17) is 0 Å². The average molecular weight is 324 g/mol. The minimum Gasteiger partial charge on any atom is -0.341 e. The van der Waals surface area contributed by atoms with E-state index in [0.29, 0.717) is 11.5 Å². The minimum absolute atomic E-state index is 0.246. The summed E-state index contributed by atoms with van der Waals surface area (Å²) in [7, 11) is 1.79. The van der Waals surface area contributed by atoms with E-state index in [9.17, 15) is 4.79 Å². The van der Waals surface area contributed by atoms with Crippen LogP contribution in [0.5, 0.6) is 0 Å². The summed E-state index contributed by atoms with van der Waals surface area (Å²) in [6.07, 6.45) is 1.61. The quantitative estimate of drug-likeness (QED) is 0.797. The number of carbonyl (C=O) groups excluding carboxylic acids is 1. The molecule has 0 saturated carbocycles. The summed E-state index contributed by atoms with van der Waals surface area (Å²) in [4.78, 5) is 16.6. The second-order valence-corrected chi connectivity index (χ2v) is 5.89. The molecule has 0 aliphatic carbocycles. The van der Waals surface area contributed by atoms with E-state index in [0.717, 1.165) is 11.4 Å². The Morgan fingerprint density at radius 1 is 1.17 bits per heavy atom. The number of nitrogens with zero attached hydrogens (tertiary/aromatic N) is 5. The van der Waals surface area contributed by atoms with Crippen LogP contribution < -0.4 is 5.32 Å². The Morgan fingerprint density at radius 3 is 2.50 bits per heavy atom. The maximum absolute atomic E-state index is 12.4. The first-order valence-electron chi connectivity index (χ1n) is 7.74. The van der Waals surface area contributed by atoms with Crippen LogP contribution in [0.15, 0.2) is 36.7 Å². The van der Waals surface area contributed by atoms with Crippen molar-refractivity contribution in [1.82, 2.24) is 29.9 Å². The van der Waals surface area contributed by atoms with Crippen LogP contribution in [0.1, 0.15) is 40.5 Å². The van der Waals surface area contributed by atoms with Gasteiger partial charge in [-0.15, -0.1) is 0 Å². The molecule has 0 radical (unpaired) electrons. The van der Waals surface area contributed by atoms with Crippen LogP contribution in [-0.4, -0.2) is 30.5 Å². The zero-order valence-electron chi connectivity index (χ0n) is 14.2. The van der Waals surface area contributed by atoms with E-state index in [-0.39, 0.29) is 11.9 Å². The van der Waals surface area contributed by atoms with Crippen LogP contribution in [0.4, 0.5) is 0 Å². The van der Waals surface area contributed by atoms with Gasteiger partial charge in [0.25, 0.3) is 5.91 Å². The van der Waals surface area contributed by atoms with E-state index in [1.54, 1.807) is 28.8 Å². The fourth-order valence-corrected chi connectivity index (χ4v) is 2.42. The molecule has 2 aromatic heterocycles. The van der Waals surface area contributed by atoms with Crippen LogP contribution in [0.2, 0.25) is 0 Å². The molecule has 7 heteroatoms. The number of nitrogens with one attached hydrogen (secondary N) is 1. The molecule has 3 rings (SSSR count). The number of benzene rings is 1. The molecule has 0 saturated heterocycles. The number of hydrogen-bond donors (Lipinski definition) is 1. The molecule has 0 aliphatic heterocycles. The number of carbonyl (C=O) groups is 1. The molecule has 7 nitrogen and oxygen atoms in total. The predicted molar refractivity (Wildman–Crippen MR) is 89.9 cm³/mol. The molecule has 2 heterocycles. The Kier molecular flexibility index (Phi) is 4.16. The van der Waals surface area contributed by atoms with Crippen molar-refractivity contribution in [2.24, 2.45) is 7.05 Å². The molecule has 0 bridgehead atoms. The van der Waals surface area contributed by atoms with E-state index in [1.165, 1.54) is 5.56 Å². The summed E-state index contributed by atoms with van der Waals surface area (Å²) < 4.78 is 3.37. The van der Waals surface area contributed by atoms with Crippen molar-refractivity contribution < 1.29 is 4.79 Å². The van der Waals surface area contributed by atoms with Crippen LogP contribution in [0, 0.1) is 13.8 Å². The molecule has 3 aromatic rings. The van der Waals surface area contributed by atoms with Gasteiger partial charge in [-0.1, -0.05) is 17.7 Å². The third-order valence-electron chi connectivity index (χ3n) is 3.75. The molecule has 124 valence electrons. The molecule has 24 heavy (non-hydrogen) atoms. The molecule has 1 aromatic carbocycles. The predicted octanol–water partition coefficient (Wildman–Crippen LogP) is 2.11. The van der Waals surface area contributed by atoms with Crippen molar-refractivity contribution in [3.05, 3.63) is 59.4 Å². The molecular weight excluding hydrogens is 304 g/mol. The lowest BCUT2D eigenvalue weighted by atomic mass is 10.2. The first-order valence-corrected chi connectivity index (χ1v) is 7.74. The first-order chi connectivity index (χ1) is 11.4. The largest absolute Gasteiger partial charge is 0.341 e. The number of rotatable bonds is 4. The van der Waals surface area contributed by atoms with Gasteiger partial charge in [0, 0.05) is 12.7 Å². The van der Waals surface area contributed by atoms with Crippen LogP contribution in [0.25, 0.3) is 5.69 Å². The van der Waals surface area contributed by atoms with Gasteiger partial charge in [-0.2, -0.15) is 10.2 Å². The molecule has 0 aliphatic rings. The minimum atomic E-state index is -0.288. The van der Waals surface area contributed by atoms with Gasteiger partial charge < -0.3 is 5.32 Å². The van der Waals surface area contributed by atoms with Gasteiger partial charge in [0.1, 0.15) is 6.33 Å². The zero-order valence-corrected chi connectivity index (χ0v) is 14.2. The fourth-order valence-electron chi connectivity index (χ4n) is 2.42. The normalized spacial score (nSPS) is 12.2. The highest BCUT2D eigenvalue weighted by molar-refractivity contribution is 5.92. The lowest BCUT2D eigenvalue weighted by molar-refractivity contribution is 0.0932. The third-order valence-corrected chi connectivity index (χ3v) is 3.75. The molecule has 1 atom stereocenters. The Morgan fingerprint density at radius 2 is 1.88 bits per heavy atom. The molecule has 1 unspecified atom stereocenters. The summed E-state index contributed by atoms with van der Waals surface area (Å²) in [6.45, 7) is 5.80. The summed E-state index contributed by atoms with van der Waals surface area (Å²) in [5.74, 6) is 0.324. The monoisotopic (exact) mass is 324 g/mol. The van der Waals surface area contributed by atoms with Crippen LogP contribution in [-0.2, 0) is 7.05 Å². The maximum Gasteiger partial charge on any atom is 0.272 e. The Labute approximate surface area is 140 Å². The number of aryl methyl sites for hydroxylation is 3. The highest BCUT2D eigenvalue weighted by atomic mass is 16.2. The van der Waals surface area contributed by atoms with Crippen molar-refractivity contribution in [3.63, 3.8) is 0 Å². The van der Waals surface area contributed by atoms with Crippen molar-refractivity contribution in [3.8, 4) is 5.69 Å². The standard InChI is InChI=1S/C17H20N6O/c1-11-5-7-14(8-6-11)23-12(2)9-15(20-23)17(24)19-13(3)16-18-10-22(4)21-16/h5-10,13H,1-4H3,(H,19,24). The van der Waals surface area contributed by atoms with Gasteiger partial charge in [0.15, 0.2) is 11.5 Å². The summed E-state index contributed by atoms with van der Waals surface area (Å²) >= 11 is 0. The SMILES string of the molecule is Cc1ccc(-n2nc(C(=O)NC(C)c3ncn(C)n3)cc2C)cc1. The molecule has 1 amide bonds. The molecular formula is C17H20N6O. The van der Waals surface area contributed by atoms with Crippen molar-refractivity contribution in [2.45, 2.75) is 26.8 Å². The van der Waals surface area contributed by atoms with Crippen LogP contribution >= 0.6 is 0 Å². The van der Waals surface area contributed by atoms with Gasteiger partial charge >= 0.3 is 0 Å². The molecule has 1 N–H and O–H groups in total. The molecule has 0 fully saturated rings.